The Labute approximate surface area is 129 Å². The molecule has 0 saturated heterocycles. The van der Waals surface area contributed by atoms with Crippen LogP contribution in [0.5, 0.6) is 0 Å². The van der Waals surface area contributed by atoms with Crippen molar-refractivity contribution in [3.05, 3.63) is 42.2 Å². The number of nitrogens with zero attached hydrogens (tertiary/aromatic N) is 2. The molecule has 5 nitrogen and oxygen atoms in total. The fourth-order valence-electron chi connectivity index (χ4n) is 2.68. The van der Waals surface area contributed by atoms with E-state index in [4.69, 9.17) is 0 Å². The van der Waals surface area contributed by atoms with Gasteiger partial charge in [-0.1, -0.05) is 12.1 Å². The largest absolute Gasteiger partial charge is 0.393 e. The predicted molar refractivity (Wildman–Crippen MR) is 85.0 cm³/mol. The lowest BCUT2D eigenvalue weighted by Crippen LogP contribution is -2.37. The van der Waals surface area contributed by atoms with Crippen LogP contribution in [-0.2, 0) is 4.79 Å². The van der Waals surface area contributed by atoms with Gasteiger partial charge >= 0.3 is 0 Å². The number of rotatable bonds is 3. The second-order valence-electron chi connectivity index (χ2n) is 5.63. The number of carbonyl (C=O) groups excluding carboxylic acids is 1. The summed E-state index contributed by atoms with van der Waals surface area (Å²) in [5.74, 6) is -0.128. The highest BCUT2D eigenvalue weighted by Gasteiger charge is 2.19. The van der Waals surface area contributed by atoms with E-state index in [0.717, 1.165) is 36.7 Å². The number of benzene rings is 1. The molecular weight excluding hydrogens is 278 g/mol. The lowest BCUT2D eigenvalue weighted by molar-refractivity contribution is -0.117. The van der Waals surface area contributed by atoms with E-state index in [1.165, 1.54) is 6.08 Å². The Bertz CT molecular complexity index is 691. The summed E-state index contributed by atoms with van der Waals surface area (Å²) in [5.41, 5.74) is 2.31. The minimum atomic E-state index is -0.212. The highest BCUT2D eigenvalue weighted by Crippen LogP contribution is 2.18. The van der Waals surface area contributed by atoms with Crippen LogP contribution in [-0.4, -0.2) is 33.1 Å². The molecule has 3 rings (SSSR count). The minimum absolute atomic E-state index is 0.128. The Kier molecular flexibility index (Phi) is 4.44. The summed E-state index contributed by atoms with van der Waals surface area (Å²) >= 11 is 0. The van der Waals surface area contributed by atoms with Gasteiger partial charge in [0.15, 0.2) is 0 Å². The van der Waals surface area contributed by atoms with Gasteiger partial charge in [0.05, 0.1) is 29.0 Å². The van der Waals surface area contributed by atoms with Crippen molar-refractivity contribution in [1.29, 1.82) is 0 Å². The number of fused-ring (bicyclic) bond motifs is 1. The molecule has 2 N–H and O–H groups in total. The summed E-state index contributed by atoms with van der Waals surface area (Å²) in [4.78, 5) is 20.7. The number of amides is 1. The number of aliphatic hydroxyl groups is 1. The third kappa shape index (κ3) is 3.68. The smallest absolute Gasteiger partial charge is 0.244 e. The highest BCUT2D eigenvalue weighted by molar-refractivity contribution is 5.91. The molecule has 1 aromatic heterocycles. The molecule has 1 heterocycles. The van der Waals surface area contributed by atoms with E-state index in [1.54, 1.807) is 12.3 Å². The van der Waals surface area contributed by atoms with Crippen LogP contribution in [0.1, 0.15) is 31.4 Å². The van der Waals surface area contributed by atoms with Gasteiger partial charge in [-0.25, -0.2) is 4.98 Å². The number of carbonyl (C=O) groups is 1. The first kappa shape index (κ1) is 14.7. The predicted octanol–water partition coefficient (Wildman–Crippen LogP) is 2.06. The van der Waals surface area contributed by atoms with Crippen molar-refractivity contribution in [3.63, 3.8) is 0 Å². The van der Waals surface area contributed by atoms with E-state index in [-0.39, 0.29) is 18.1 Å². The molecule has 1 aromatic carbocycles. The van der Waals surface area contributed by atoms with E-state index < -0.39 is 0 Å². The first-order chi connectivity index (χ1) is 10.7. The van der Waals surface area contributed by atoms with Gasteiger partial charge in [0.2, 0.25) is 5.91 Å². The van der Waals surface area contributed by atoms with Crippen LogP contribution >= 0.6 is 0 Å². The SMILES string of the molecule is O=C(/C=C/c1cnc2ccccc2n1)NC1CCC(O)CC1. The Morgan fingerprint density at radius 3 is 2.68 bits per heavy atom. The molecule has 0 aliphatic heterocycles. The third-order valence-electron chi connectivity index (χ3n) is 3.92. The summed E-state index contributed by atoms with van der Waals surface area (Å²) in [6.07, 6.45) is 7.78. The lowest BCUT2D eigenvalue weighted by Gasteiger charge is -2.25. The van der Waals surface area contributed by atoms with Gasteiger partial charge in [-0.05, 0) is 43.9 Å². The standard InChI is InChI=1S/C17H19N3O2/c21-14-8-5-12(6-9-14)20-17(22)10-7-13-11-18-15-3-1-2-4-16(15)19-13/h1-4,7,10-12,14,21H,5-6,8-9H2,(H,20,22)/b10-7+. The average molecular weight is 297 g/mol. The molecule has 1 aliphatic carbocycles. The summed E-state index contributed by atoms with van der Waals surface area (Å²) in [6.45, 7) is 0. The number of hydrogen-bond acceptors (Lipinski definition) is 4. The molecule has 0 spiro atoms. The topological polar surface area (TPSA) is 75.1 Å². The minimum Gasteiger partial charge on any atom is -0.393 e. The maximum absolute atomic E-state index is 11.9. The van der Waals surface area contributed by atoms with E-state index in [0.29, 0.717) is 5.69 Å². The van der Waals surface area contributed by atoms with Crippen molar-refractivity contribution in [2.24, 2.45) is 0 Å². The zero-order valence-electron chi connectivity index (χ0n) is 12.3. The zero-order chi connectivity index (χ0) is 15.4. The van der Waals surface area contributed by atoms with E-state index >= 15 is 0 Å². The average Bonchev–Trinajstić information content (AvgIpc) is 2.55. The molecule has 1 amide bonds. The maximum Gasteiger partial charge on any atom is 0.244 e. The number of nitrogens with one attached hydrogen (secondary N) is 1. The maximum atomic E-state index is 11.9. The Morgan fingerprint density at radius 2 is 1.91 bits per heavy atom. The number of hydrogen-bond donors (Lipinski definition) is 2. The van der Waals surface area contributed by atoms with Crippen LogP contribution in [0, 0.1) is 0 Å². The van der Waals surface area contributed by atoms with Crippen molar-refractivity contribution in [1.82, 2.24) is 15.3 Å². The van der Waals surface area contributed by atoms with Gasteiger partial charge in [-0.2, -0.15) is 0 Å². The quantitative estimate of drug-likeness (QED) is 0.850. The normalized spacial score (nSPS) is 22.0. The van der Waals surface area contributed by atoms with Crippen LogP contribution in [0.25, 0.3) is 17.1 Å². The Balaban J connectivity index is 1.61. The Morgan fingerprint density at radius 1 is 1.18 bits per heavy atom. The van der Waals surface area contributed by atoms with Gasteiger partial charge < -0.3 is 10.4 Å². The lowest BCUT2D eigenvalue weighted by atomic mass is 9.93. The van der Waals surface area contributed by atoms with Crippen LogP contribution in [0.4, 0.5) is 0 Å². The van der Waals surface area contributed by atoms with E-state index in [2.05, 4.69) is 15.3 Å². The van der Waals surface area contributed by atoms with Crippen molar-refractivity contribution in [2.45, 2.75) is 37.8 Å². The number of aromatic nitrogens is 2. The van der Waals surface area contributed by atoms with Crippen molar-refractivity contribution < 1.29 is 9.90 Å². The molecule has 22 heavy (non-hydrogen) atoms. The molecule has 0 bridgehead atoms. The molecule has 1 aliphatic rings. The van der Waals surface area contributed by atoms with Gasteiger partial charge in [0, 0.05) is 12.1 Å². The number of para-hydroxylation sites is 2. The van der Waals surface area contributed by atoms with Crippen molar-refractivity contribution >= 4 is 23.0 Å². The summed E-state index contributed by atoms with van der Waals surface area (Å²) < 4.78 is 0. The van der Waals surface area contributed by atoms with Gasteiger partial charge in [0.25, 0.3) is 0 Å². The number of aliphatic hydroxyl groups excluding tert-OH is 1. The molecule has 5 heteroatoms. The van der Waals surface area contributed by atoms with Gasteiger partial charge in [-0.15, -0.1) is 0 Å². The fraction of sp³-hybridized carbons (Fsp3) is 0.353. The summed E-state index contributed by atoms with van der Waals surface area (Å²) in [5, 5.41) is 12.4. The van der Waals surface area contributed by atoms with E-state index in [9.17, 15) is 9.90 Å². The Hall–Kier alpha value is -2.27. The second-order valence-corrected chi connectivity index (χ2v) is 5.63. The molecule has 1 saturated carbocycles. The summed E-state index contributed by atoms with van der Waals surface area (Å²) in [7, 11) is 0. The van der Waals surface area contributed by atoms with Gasteiger partial charge in [0.1, 0.15) is 0 Å². The van der Waals surface area contributed by atoms with Gasteiger partial charge in [-0.3, -0.25) is 9.78 Å². The van der Waals surface area contributed by atoms with Crippen molar-refractivity contribution in [3.8, 4) is 0 Å². The second kappa shape index (κ2) is 6.66. The first-order valence-electron chi connectivity index (χ1n) is 7.59. The third-order valence-corrected chi connectivity index (χ3v) is 3.92. The van der Waals surface area contributed by atoms with Crippen LogP contribution < -0.4 is 5.32 Å². The zero-order valence-corrected chi connectivity index (χ0v) is 12.3. The van der Waals surface area contributed by atoms with Crippen LogP contribution in [0.2, 0.25) is 0 Å². The molecule has 114 valence electrons. The molecular formula is C17H19N3O2. The molecule has 0 radical (unpaired) electrons. The highest BCUT2D eigenvalue weighted by atomic mass is 16.3. The molecule has 1 fully saturated rings. The van der Waals surface area contributed by atoms with Crippen molar-refractivity contribution in [2.75, 3.05) is 0 Å². The monoisotopic (exact) mass is 297 g/mol. The fourth-order valence-corrected chi connectivity index (χ4v) is 2.68. The van der Waals surface area contributed by atoms with Crippen LogP contribution in [0.3, 0.4) is 0 Å². The summed E-state index contributed by atoms with van der Waals surface area (Å²) in [6, 6.07) is 7.78. The first-order valence-corrected chi connectivity index (χ1v) is 7.59. The molecule has 0 atom stereocenters. The molecule has 2 aromatic rings. The van der Waals surface area contributed by atoms with Crippen LogP contribution in [0.15, 0.2) is 36.5 Å². The van der Waals surface area contributed by atoms with E-state index in [1.807, 2.05) is 24.3 Å². The molecule has 0 unspecified atom stereocenters.